The molecule has 2 N–H and O–H groups in total. The zero-order chi connectivity index (χ0) is 50.1. The maximum atomic E-state index is 5.81. The molecule has 14 nitrogen and oxygen atoms in total. The highest BCUT2D eigenvalue weighted by Crippen LogP contribution is 2.36. The number of rotatable bonds is 14. The van der Waals surface area contributed by atoms with Gasteiger partial charge in [0.2, 0.25) is 11.9 Å². The fraction of sp³-hybridized carbons (Fsp3) is 0.667. The van der Waals surface area contributed by atoms with Crippen LogP contribution < -0.4 is 29.9 Å². The maximum Gasteiger partial charge on any atom is 0.227 e. The Labute approximate surface area is 442 Å². The van der Waals surface area contributed by atoms with Gasteiger partial charge in [-0.15, -0.1) is 0 Å². The van der Waals surface area contributed by atoms with E-state index in [1.807, 2.05) is 0 Å². The van der Waals surface area contributed by atoms with E-state index in [0.29, 0.717) is 12.1 Å². The highest BCUT2D eigenvalue weighted by atomic mass is 16.5. The molecule has 6 saturated heterocycles. The lowest BCUT2D eigenvalue weighted by molar-refractivity contribution is 0.210. The third-order valence-electron chi connectivity index (χ3n) is 17.1. The standard InChI is InChI=1S/2C30H42N6O/c2*1-37-28-22-26-27(21-23(28)9-3-6-14-34-15-7-8-16-34)32-30(36-17-4-2-5-18-36)33-29(26)31-24-12-19-35(20-13-24)25-10-11-25/h2*21-22,24-25H,2,4-8,10-20H2,1H3,(H,31,32,33). The van der Waals surface area contributed by atoms with E-state index >= 15 is 0 Å². The third kappa shape index (κ3) is 13.1. The highest BCUT2D eigenvalue weighted by molar-refractivity contribution is 5.94. The number of benzene rings is 2. The van der Waals surface area contributed by atoms with Crippen LogP contribution in [0.4, 0.5) is 23.5 Å². The lowest BCUT2D eigenvalue weighted by Crippen LogP contribution is -2.40. The monoisotopic (exact) mass is 1000 g/mol. The molecule has 8 heterocycles. The van der Waals surface area contributed by atoms with Crippen LogP contribution in [-0.4, -0.2) is 170 Å². The summed E-state index contributed by atoms with van der Waals surface area (Å²) in [7, 11) is 3.47. The molecular formula is C60H84N12O2. The summed E-state index contributed by atoms with van der Waals surface area (Å²) in [6, 6.07) is 11.0. The Morgan fingerprint density at radius 1 is 0.459 bits per heavy atom. The Balaban J connectivity index is 0.000000159. The summed E-state index contributed by atoms with van der Waals surface area (Å²) in [6.07, 6.45) is 24.7. The fourth-order valence-electron chi connectivity index (χ4n) is 12.4. The molecule has 74 heavy (non-hydrogen) atoms. The lowest BCUT2D eigenvalue weighted by Gasteiger charge is -2.33. The van der Waals surface area contributed by atoms with Crippen molar-refractivity contribution in [3.05, 3.63) is 35.4 Å². The number of likely N-dealkylation sites (tertiary alicyclic amines) is 4. The van der Waals surface area contributed by atoms with E-state index in [4.69, 9.17) is 29.4 Å². The minimum atomic E-state index is 0.443. The maximum absolute atomic E-state index is 5.81. The van der Waals surface area contributed by atoms with E-state index in [-0.39, 0.29) is 0 Å². The average molecular weight is 1010 g/mol. The van der Waals surface area contributed by atoms with E-state index < -0.39 is 0 Å². The molecule has 0 atom stereocenters. The molecule has 2 saturated carbocycles. The van der Waals surface area contributed by atoms with Crippen molar-refractivity contribution in [1.82, 2.24) is 39.5 Å². The largest absolute Gasteiger partial charge is 0.495 e. The van der Waals surface area contributed by atoms with Crippen LogP contribution in [0.1, 0.15) is 140 Å². The molecule has 0 amide bonds. The van der Waals surface area contributed by atoms with Crippen LogP contribution in [0.25, 0.3) is 21.8 Å². The SMILES string of the molecule is COc1cc2c(NC3CCN(C4CC4)CC3)nc(N3CCCCC3)nc2cc1C#CCCN1CCCC1.COc1cc2c(NC3CCN(C4CC4)CC3)nc(N3CCCCC3)nc2cc1C#CCCN1CCCC1. The van der Waals surface area contributed by atoms with Crippen molar-refractivity contribution in [2.75, 3.05) is 126 Å². The van der Waals surface area contributed by atoms with E-state index in [2.05, 4.69) is 88.0 Å². The number of aromatic nitrogens is 4. The van der Waals surface area contributed by atoms with Gasteiger partial charge in [-0.2, -0.15) is 9.97 Å². The molecular weight excluding hydrogens is 921 g/mol. The van der Waals surface area contributed by atoms with E-state index in [9.17, 15) is 0 Å². The van der Waals surface area contributed by atoms with Crippen LogP contribution in [0, 0.1) is 23.7 Å². The van der Waals surface area contributed by atoms with E-state index in [1.165, 1.54) is 168 Å². The van der Waals surface area contributed by atoms with Crippen LogP contribution >= 0.6 is 0 Å². The van der Waals surface area contributed by atoms with Gasteiger partial charge in [0.25, 0.3) is 0 Å². The van der Waals surface area contributed by atoms with Crippen molar-refractivity contribution in [3.8, 4) is 35.2 Å². The number of hydrogen-bond acceptors (Lipinski definition) is 14. The van der Waals surface area contributed by atoms with Gasteiger partial charge in [0.05, 0.1) is 36.4 Å². The molecule has 2 aromatic heterocycles. The second kappa shape index (κ2) is 24.7. The minimum Gasteiger partial charge on any atom is -0.495 e. The summed E-state index contributed by atoms with van der Waals surface area (Å²) in [6.45, 7) is 15.8. The normalized spacial score (nSPS) is 21.7. The van der Waals surface area contributed by atoms with Crippen molar-refractivity contribution < 1.29 is 9.47 Å². The molecule has 0 bridgehead atoms. The summed E-state index contributed by atoms with van der Waals surface area (Å²) in [4.78, 5) is 35.4. The molecule has 396 valence electrons. The molecule has 6 aliphatic heterocycles. The molecule has 2 aromatic carbocycles. The van der Waals surface area contributed by atoms with Gasteiger partial charge >= 0.3 is 0 Å². The Kier molecular flexibility index (Phi) is 17.0. The van der Waals surface area contributed by atoms with Gasteiger partial charge in [0.1, 0.15) is 23.1 Å². The van der Waals surface area contributed by atoms with Crippen LogP contribution in [0.5, 0.6) is 11.5 Å². The van der Waals surface area contributed by atoms with Crippen molar-refractivity contribution in [2.24, 2.45) is 0 Å². The first-order valence-corrected chi connectivity index (χ1v) is 29.3. The zero-order valence-corrected chi connectivity index (χ0v) is 44.9. The number of methoxy groups -OCH3 is 2. The second-order valence-electron chi connectivity index (χ2n) is 22.6. The van der Waals surface area contributed by atoms with Gasteiger partial charge in [-0.3, -0.25) is 0 Å². The Morgan fingerprint density at radius 2 is 0.838 bits per heavy atom. The first-order chi connectivity index (χ1) is 36.5. The summed E-state index contributed by atoms with van der Waals surface area (Å²) >= 11 is 0. The molecule has 4 aromatic rings. The molecule has 0 radical (unpaired) electrons. The molecule has 12 rings (SSSR count). The third-order valence-corrected chi connectivity index (χ3v) is 17.1. The number of hydrogen-bond donors (Lipinski definition) is 2. The molecule has 8 fully saturated rings. The Bertz CT molecular complexity index is 2450. The molecule has 8 aliphatic rings. The van der Waals surface area contributed by atoms with Crippen molar-refractivity contribution in [2.45, 2.75) is 153 Å². The minimum absolute atomic E-state index is 0.443. The number of nitrogens with zero attached hydrogens (tertiary/aromatic N) is 10. The van der Waals surface area contributed by atoms with Gasteiger partial charge in [-0.25, -0.2) is 9.97 Å². The number of piperidine rings is 4. The smallest absolute Gasteiger partial charge is 0.227 e. The molecule has 14 heteroatoms. The molecule has 0 unspecified atom stereocenters. The first kappa shape index (κ1) is 51.0. The van der Waals surface area contributed by atoms with Crippen LogP contribution in [0.15, 0.2) is 24.3 Å². The Hall–Kier alpha value is -5.12. The number of nitrogens with one attached hydrogen (secondary N) is 2. The van der Waals surface area contributed by atoms with Gasteiger partial charge in [0.15, 0.2) is 0 Å². The van der Waals surface area contributed by atoms with E-state index in [1.54, 1.807) is 14.2 Å². The number of anilines is 4. The summed E-state index contributed by atoms with van der Waals surface area (Å²) < 4.78 is 11.6. The zero-order valence-electron chi connectivity index (χ0n) is 44.9. The van der Waals surface area contributed by atoms with E-state index in [0.717, 1.165) is 132 Å². The summed E-state index contributed by atoms with van der Waals surface area (Å²) in [5.74, 6) is 18.8. The highest BCUT2D eigenvalue weighted by Gasteiger charge is 2.34. The van der Waals surface area contributed by atoms with Crippen molar-refractivity contribution in [3.63, 3.8) is 0 Å². The van der Waals surface area contributed by atoms with Crippen LogP contribution in [0.3, 0.4) is 0 Å². The van der Waals surface area contributed by atoms with Gasteiger partial charge < -0.3 is 49.5 Å². The predicted octanol–water partition coefficient (Wildman–Crippen LogP) is 9.01. The first-order valence-electron chi connectivity index (χ1n) is 29.3. The van der Waals surface area contributed by atoms with Crippen molar-refractivity contribution >= 4 is 45.3 Å². The molecule has 0 spiro atoms. The number of ether oxygens (including phenoxy) is 2. The fourth-order valence-corrected chi connectivity index (χ4v) is 12.4. The predicted molar refractivity (Wildman–Crippen MR) is 301 cm³/mol. The van der Waals surface area contributed by atoms with Gasteiger partial charge in [-0.05, 0) is 166 Å². The lowest BCUT2D eigenvalue weighted by atomic mass is 10.0. The second-order valence-corrected chi connectivity index (χ2v) is 22.6. The van der Waals surface area contributed by atoms with Crippen molar-refractivity contribution in [1.29, 1.82) is 0 Å². The average Bonchev–Trinajstić information content (AvgIpc) is 4.38. The summed E-state index contributed by atoms with van der Waals surface area (Å²) in [5, 5.41) is 9.74. The van der Waals surface area contributed by atoms with Crippen LogP contribution in [-0.2, 0) is 0 Å². The molecule has 2 aliphatic carbocycles. The number of fused-ring (bicyclic) bond motifs is 2. The van der Waals surface area contributed by atoms with Gasteiger partial charge in [-0.1, -0.05) is 23.7 Å². The Morgan fingerprint density at radius 3 is 1.20 bits per heavy atom. The summed E-state index contributed by atoms with van der Waals surface area (Å²) in [5.41, 5.74) is 3.75. The van der Waals surface area contributed by atoms with Crippen LogP contribution in [0.2, 0.25) is 0 Å². The topological polar surface area (TPSA) is 114 Å². The van der Waals surface area contributed by atoms with Gasteiger partial charge in [0, 0.05) is 113 Å². The quantitative estimate of drug-likeness (QED) is 0.117.